The van der Waals surface area contributed by atoms with E-state index >= 15 is 0 Å². The van der Waals surface area contributed by atoms with E-state index in [1.165, 1.54) is 32.1 Å². The van der Waals surface area contributed by atoms with Crippen LogP contribution in [0, 0.1) is 17.3 Å². The van der Waals surface area contributed by atoms with Crippen LogP contribution in [0.25, 0.3) is 0 Å². The van der Waals surface area contributed by atoms with Gasteiger partial charge in [-0.1, -0.05) is 51.1 Å². The third-order valence-electron chi connectivity index (χ3n) is 5.20. The maximum Gasteiger partial charge on any atom is -0.00367 e. The van der Waals surface area contributed by atoms with Crippen molar-refractivity contribution >= 4 is 0 Å². The lowest BCUT2D eigenvalue weighted by molar-refractivity contribution is 0.0307. The molecule has 0 spiro atoms. The summed E-state index contributed by atoms with van der Waals surface area (Å²) in [5.74, 6) is 1.86. The first-order valence-electron chi connectivity index (χ1n) is 7.55. The van der Waals surface area contributed by atoms with Crippen molar-refractivity contribution in [1.82, 2.24) is 0 Å². The zero-order valence-electron chi connectivity index (χ0n) is 12.1. The zero-order chi connectivity index (χ0) is 12.8. The molecule has 0 aromatic heterocycles. The Morgan fingerprint density at radius 3 is 2.44 bits per heavy atom. The minimum absolute atomic E-state index is 0.478. The maximum absolute atomic E-state index is 2.48. The van der Waals surface area contributed by atoms with Crippen LogP contribution >= 0.6 is 0 Å². The minimum atomic E-state index is 0.478. The third-order valence-corrected chi connectivity index (χ3v) is 5.20. The quantitative estimate of drug-likeness (QED) is 0.636. The fourth-order valence-electron chi connectivity index (χ4n) is 5.24. The molecule has 3 atom stereocenters. The molecule has 98 valence electrons. The number of fused-ring (bicyclic) bond motifs is 2. The van der Waals surface area contributed by atoms with Gasteiger partial charge in [-0.15, -0.1) is 0 Å². The Balaban J connectivity index is 2.01. The molecule has 0 saturated heterocycles. The van der Waals surface area contributed by atoms with Gasteiger partial charge < -0.3 is 0 Å². The summed E-state index contributed by atoms with van der Waals surface area (Å²) in [5.41, 5.74) is 2.61. The Morgan fingerprint density at radius 1 is 1.00 bits per heavy atom. The Hall–Kier alpha value is -0.780. The van der Waals surface area contributed by atoms with Crippen LogP contribution in [0.1, 0.15) is 58.4 Å². The van der Waals surface area contributed by atoms with Gasteiger partial charge in [-0.3, -0.25) is 0 Å². The molecular formula is C18H26. The van der Waals surface area contributed by atoms with Crippen LogP contribution in [0.5, 0.6) is 0 Å². The van der Waals surface area contributed by atoms with E-state index in [0.29, 0.717) is 10.8 Å². The lowest BCUT2D eigenvalue weighted by Crippen LogP contribution is -2.45. The molecule has 3 unspecified atom stereocenters. The van der Waals surface area contributed by atoms with E-state index in [2.05, 4.69) is 51.1 Å². The predicted octanol–water partition coefficient (Wildman–Crippen LogP) is 5.18. The Bertz CT molecular complexity index is 413. The van der Waals surface area contributed by atoms with Gasteiger partial charge >= 0.3 is 0 Å². The smallest absolute Gasteiger partial charge is 0.00367 e. The standard InChI is InChI=1S/C18H26/c1-14-9-15-11-17(2,3)13-18(10-14,12-15)16-7-5-4-6-8-16/h4-8,14-15H,9-13H2,1-3H3. The molecule has 0 heteroatoms. The molecule has 0 heterocycles. The monoisotopic (exact) mass is 242 g/mol. The normalized spacial score (nSPS) is 38.4. The third kappa shape index (κ3) is 2.11. The maximum atomic E-state index is 2.48. The first-order chi connectivity index (χ1) is 8.49. The second-order valence-electron chi connectivity index (χ2n) is 7.81. The molecule has 2 fully saturated rings. The van der Waals surface area contributed by atoms with Gasteiger partial charge in [0.25, 0.3) is 0 Å². The van der Waals surface area contributed by atoms with Crippen molar-refractivity contribution in [3.63, 3.8) is 0 Å². The number of rotatable bonds is 1. The van der Waals surface area contributed by atoms with Crippen molar-refractivity contribution in [2.45, 2.75) is 58.3 Å². The average Bonchev–Trinajstić information content (AvgIpc) is 2.26. The fourth-order valence-corrected chi connectivity index (χ4v) is 5.24. The summed E-state index contributed by atoms with van der Waals surface area (Å²) in [4.78, 5) is 0. The molecule has 0 N–H and O–H groups in total. The van der Waals surface area contributed by atoms with E-state index in [1.54, 1.807) is 5.56 Å². The summed E-state index contributed by atoms with van der Waals surface area (Å²) in [6.45, 7) is 7.42. The van der Waals surface area contributed by atoms with Gasteiger partial charge in [0.15, 0.2) is 0 Å². The molecule has 2 bridgehead atoms. The van der Waals surface area contributed by atoms with Gasteiger partial charge in [-0.25, -0.2) is 0 Å². The highest BCUT2D eigenvalue weighted by atomic mass is 14.5. The molecule has 18 heavy (non-hydrogen) atoms. The predicted molar refractivity (Wildman–Crippen MR) is 77.6 cm³/mol. The van der Waals surface area contributed by atoms with Crippen LogP contribution in [0.2, 0.25) is 0 Å². The summed E-state index contributed by atoms with van der Waals surface area (Å²) in [7, 11) is 0. The Labute approximate surface area is 112 Å². The van der Waals surface area contributed by atoms with Crippen molar-refractivity contribution in [3.8, 4) is 0 Å². The van der Waals surface area contributed by atoms with E-state index in [4.69, 9.17) is 0 Å². The van der Waals surface area contributed by atoms with Crippen molar-refractivity contribution in [1.29, 1.82) is 0 Å². The Morgan fingerprint density at radius 2 is 1.72 bits per heavy atom. The van der Waals surface area contributed by atoms with E-state index in [-0.39, 0.29) is 0 Å². The molecule has 1 aromatic rings. The van der Waals surface area contributed by atoms with E-state index < -0.39 is 0 Å². The first-order valence-corrected chi connectivity index (χ1v) is 7.55. The molecule has 0 amide bonds. The van der Waals surface area contributed by atoms with E-state index in [0.717, 1.165) is 11.8 Å². The summed E-state index contributed by atoms with van der Waals surface area (Å²) in [5, 5.41) is 0. The number of hydrogen-bond acceptors (Lipinski definition) is 0. The molecule has 1 aromatic carbocycles. The van der Waals surface area contributed by atoms with Crippen LogP contribution < -0.4 is 0 Å². The molecular weight excluding hydrogens is 216 g/mol. The summed E-state index contributed by atoms with van der Waals surface area (Å²) in [6, 6.07) is 11.3. The van der Waals surface area contributed by atoms with Crippen LogP contribution in [0.4, 0.5) is 0 Å². The second-order valence-corrected chi connectivity index (χ2v) is 7.81. The molecule has 2 saturated carbocycles. The van der Waals surface area contributed by atoms with Crippen LogP contribution in [0.3, 0.4) is 0 Å². The van der Waals surface area contributed by atoms with Gasteiger partial charge in [-0.05, 0) is 60.3 Å². The summed E-state index contributed by atoms with van der Waals surface area (Å²) < 4.78 is 0. The van der Waals surface area contributed by atoms with Crippen LogP contribution in [-0.2, 0) is 5.41 Å². The van der Waals surface area contributed by atoms with Crippen LogP contribution in [0.15, 0.2) is 30.3 Å². The Kier molecular flexibility index (Phi) is 2.80. The van der Waals surface area contributed by atoms with Crippen molar-refractivity contribution in [2.75, 3.05) is 0 Å². The summed E-state index contributed by atoms with van der Waals surface area (Å²) >= 11 is 0. The lowest BCUT2D eigenvalue weighted by Gasteiger charge is -2.54. The SMILES string of the molecule is CC1CC2CC(C)(C)CC(c3ccccc3)(C1)C2. The largest absolute Gasteiger partial charge is 0.0625 e. The highest BCUT2D eigenvalue weighted by molar-refractivity contribution is 5.28. The van der Waals surface area contributed by atoms with Crippen LogP contribution in [-0.4, -0.2) is 0 Å². The van der Waals surface area contributed by atoms with E-state index in [1.807, 2.05) is 0 Å². The van der Waals surface area contributed by atoms with Crippen molar-refractivity contribution in [2.24, 2.45) is 17.3 Å². The first kappa shape index (κ1) is 12.3. The van der Waals surface area contributed by atoms with Gasteiger partial charge in [0.05, 0.1) is 0 Å². The molecule has 0 aliphatic heterocycles. The molecule has 3 rings (SSSR count). The molecule has 2 aliphatic rings. The lowest BCUT2D eigenvalue weighted by atomic mass is 9.51. The minimum Gasteiger partial charge on any atom is -0.0625 e. The molecule has 2 aliphatic carbocycles. The number of benzene rings is 1. The second kappa shape index (κ2) is 4.11. The van der Waals surface area contributed by atoms with Gasteiger partial charge in [0, 0.05) is 0 Å². The van der Waals surface area contributed by atoms with Gasteiger partial charge in [-0.2, -0.15) is 0 Å². The highest BCUT2D eigenvalue weighted by Crippen LogP contribution is 2.57. The summed E-state index contributed by atoms with van der Waals surface area (Å²) in [6.07, 6.45) is 7.11. The fraction of sp³-hybridized carbons (Fsp3) is 0.667. The zero-order valence-corrected chi connectivity index (χ0v) is 12.1. The van der Waals surface area contributed by atoms with Crippen molar-refractivity contribution in [3.05, 3.63) is 35.9 Å². The van der Waals surface area contributed by atoms with Crippen molar-refractivity contribution < 1.29 is 0 Å². The average molecular weight is 242 g/mol. The van der Waals surface area contributed by atoms with Gasteiger partial charge in [0.1, 0.15) is 0 Å². The van der Waals surface area contributed by atoms with Gasteiger partial charge in [0.2, 0.25) is 0 Å². The highest BCUT2D eigenvalue weighted by Gasteiger charge is 2.48. The van der Waals surface area contributed by atoms with E-state index in [9.17, 15) is 0 Å². The topological polar surface area (TPSA) is 0 Å². The molecule has 0 radical (unpaired) electrons. The number of hydrogen-bond donors (Lipinski definition) is 0. The molecule has 0 nitrogen and oxygen atoms in total.